The Bertz CT molecular complexity index is 1330. The molecule has 1 amide bonds. The topological polar surface area (TPSA) is 133 Å². The summed E-state index contributed by atoms with van der Waals surface area (Å²) in [6.07, 6.45) is -0.962. The van der Waals surface area contributed by atoms with Crippen molar-refractivity contribution in [1.29, 1.82) is 0 Å². The normalized spacial score (nSPS) is 34.1. The average Bonchev–Trinajstić information content (AvgIpc) is 3.93. The molecule has 3 saturated heterocycles. The number of esters is 2. The van der Waals surface area contributed by atoms with E-state index in [1.807, 2.05) is 0 Å². The third-order valence-corrected chi connectivity index (χ3v) is 9.41. The van der Waals surface area contributed by atoms with Crippen molar-refractivity contribution >= 4 is 23.9 Å². The lowest BCUT2D eigenvalue weighted by Crippen LogP contribution is -2.69. The Labute approximate surface area is 250 Å². The van der Waals surface area contributed by atoms with Gasteiger partial charge in [-0.2, -0.15) is 18.2 Å². The summed E-state index contributed by atoms with van der Waals surface area (Å²) in [6, 6.07) is 5.64. The highest BCUT2D eigenvalue weighted by Crippen LogP contribution is 2.63. The molecular weight excluding hydrogens is 589 g/mol. The largest absolute Gasteiger partial charge is 0.458 e. The summed E-state index contributed by atoms with van der Waals surface area (Å²) in [6.45, 7) is -1.83. The van der Waals surface area contributed by atoms with E-state index in [1.165, 1.54) is 11.1 Å². The van der Waals surface area contributed by atoms with Gasteiger partial charge in [-0.3, -0.25) is 14.4 Å². The first-order chi connectivity index (χ1) is 21.0. The number of hydrogen-bond acceptors (Lipinski definition) is 10. The molecule has 3 aliphatic carbocycles. The second-order valence-corrected chi connectivity index (χ2v) is 12.4. The summed E-state index contributed by atoms with van der Waals surface area (Å²) < 4.78 is 60.4. The number of aliphatic hydroxyl groups is 1. The Kier molecular flexibility index (Phi) is 7.28. The SMILES string of the molecule is O=C(C=Cc1ccc(CN2OC3C4OC(C5CC5)(C5CC5)OC4C4CC3(C(=O)NCCO)C2C(=O)O4)cc1)OCC(F)(F)F. The third-order valence-electron chi connectivity index (χ3n) is 9.41. The van der Waals surface area contributed by atoms with E-state index in [1.54, 1.807) is 24.3 Å². The third kappa shape index (κ3) is 5.10. The van der Waals surface area contributed by atoms with E-state index >= 15 is 0 Å². The molecule has 0 spiro atoms. The van der Waals surface area contributed by atoms with E-state index in [0.717, 1.165) is 31.8 Å². The molecule has 0 radical (unpaired) electrons. The van der Waals surface area contributed by atoms with Gasteiger partial charge in [-0.1, -0.05) is 24.3 Å². The number of hydroxylamine groups is 2. The molecule has 7 rings (SSSR count). The van der Waals surface area contributed by atoms with Crippen molar-refractivity contribution in [3.05, 3.63) is 41.5 Å². The van der Waals surface area contributed by atoms with Crippen LogP contribution in [0.25, 0.3) is 6.08 Å². The van der Waals surface area contributed by atoms with Gasteiger partial charge in [-0.25, -0.2) is 4.79 Å². The number of benzene rings is 1. The minimum atomic E-state index is -4.61. The fourth-order valence-electron chi connectivity index (χ4n) is 7.28. The number of rotatable bonds is 10. The molecule has 0 aromatic heterocycles. The Morgan fingerprint density at radius 2 is 1.77 bits per heavy atom. The first kappa shape index (κ1) is 29.7. The Morgan fingerprint density at radius 1 is 1.09 bits per heavy atom. The quantitative estimate of drug-likeness (QED) is 0.295. The molecule has 6 unspecified atom stereocenters. The van der Waals surface area contributed by atoms with Crippen molar-refractivity contribution in [2.45, 2.75) is 81.1 Å². The van der Waals surface area contributed by atoms with Gasteiger partial charge in [0.2, 0.25) is 5.91 Å². The number of carbonyl (C=O) groups is 3. The monoisotopic (exact) mass is 622 g/mol. The highest BCUT2D eigenvalue weighted by Gasteiger charge is 2.78. The molecular formula is C30H33F3N2O9. The molecule has 6 atom stereocenters. The van der Waals surface area contributed by atoms with Crippen LogP contribution in [0.1, 0.15) is 43.2 Å². The van der Waals surface area contributed by atoms with Crippen molar-refractivity contribution in [2.75, 3.05) is 19.8 Å². The van der Waals surface area contributed by atoms with Crippen molar-refractivity contribution in [3.63, 3.8) is 0 Å². The average molecular weight is 623 g/mol. The van der Waals surface area contributed by atoms with Crippen LogP contribution >= 0.6 is 0 Å². The van der Waals surface area contributed by atoms with E-state index < -0.39 is 72.3 Å². The van der Waals surface area contributed by atoms with Gasteiger partial charge in [0.05, 0.1) is 13.2 Å². The summed E-state index contributed by atoms with van der Waals surface area (Å²) >= 11 is 0. The summed E-state index contributed by atoms with van der Waals surface area (Å²) in [5, 5.41) is 13.6. The number of aliphatic hydroxyl groups excluding tert-OH is 1. The lowest BCUT2D eigenvalue weighted by atomic mass is 9.62. The maximum Gasteiger partial charge on any atom is 0.422 e. The number of amides is 1. The molecule has 2 N–H and O–H groups in total. The lowest BCUT2D eigenvalue weighted by Gasteiger charge is -2.48. The highest BCUT2D eigenvalue weighted by atomic mass is 19.4. The van der Waals surface area contributed by atoms with Crippen LogP contribution in [0.5, 0.6) is 0 Å². The van der Waals surface area contributed by atoms with Crippen LogP contribution in [-0.2, 0) is 44.7 Å². The van der Waals surface area contributed by atoms with Gasteiger partial charge in [0.1, 0.15) is 29.8 Å². The first-order valence-electron chi connectivity index (χ1n) is 14.9. The van der Waals surface area contributed by atoms with E-state index in [0.29, 0.717) is 11.1 Å². The van der Waals surface area contributed by atoms with E-state index in [4.69, 9.17) is 19.0 Å². The second kappa shape index (κ2) is 10.8. The summed E-state index contributed by atoms with van der Waals surface area (Å²) in [4.78, 5) is 45.6. The van der Waals surface area contributed by atoms with Crippen LogP contribution in [0, 0.1) is 17.3 Å². The minimum Gasteiger partial charge on any atom is -0.458 e. The number of alkyl halides is 3. The Balaban J connectivity index is 1.13. The molecule has 2 bridgehead atoms. The molecule has 6 aliphatic rings. The minimum absolute atomic E-state index is 0.0119. The van der Waals surface area contributed by atoms with Gasteiger partial charge in [0, 0.05) is 30.9 Å². The van der Waals surface area contributed by atoms with Crippen LogP contribution in [0.4, 0.5) is 13.2 Å². The smallest absolute Gasteiger partial charge is 0.422 e. The van der Waals surface area contributed by atoms with Gasteiger partial charge in [0.25, 0.3) is 0 Å². The molecule has 1 aromatic rings. The molecule has 14 heteroatoms. The zero-order valence-corrected chi connectivity index (χ0v) is 23.7. The summed E-state index contributed by atoms with van der Waals surface area (Å²) in [5.41, 5.74) is -0.0986. The molecule has 3 heterocycles. The van der Waals surface area contributed by atoms with Crippen molar-refractivity contribution < 1.29 is 56.4 Å². The maximum absolute atomic E-state index is 13.9. The first-order valence-corrected chi connectivity index (χ1v) is 14.9. The van der Waals surface area contributed by atoms with Crippen LogP contribution in [0.15, 0.2) is 30.3 Å². The molecule has 3 aliphatic heterocycles. The fourth-order valence-corrected chi connectivity index (χ4v) is 7.28. The van der Waals surface area contributed by atoms with E-state index in [9.17, 15) is 32.7 Å². The van der Waals surface area contributed by atoms with Crippen molar-refractivity contribution in [2.24, 2.45) is 17.3 Å². The maximum atomic E-state index is 13.9. The predicted molar refractivity (Wildman–Crippen MR) is 142 cm³/mol. The van der Waals surface area contributed by atoms with Crippen LogP contribution < -0.4 is 5.32 Å². The number of nitrogens with zero attached hydrogens (tertiary/aromatic N) is 1. The standard InChI is InChI=1S/C30H33F3N2O9/c31-29(32,33)15-40-21(37)10-5-16-1-3-17(4-2-16)14-35-24-26(38)41-20-13-28(24,27(39)34-11-12-36)25(44-35)23-22(20)42-30(43-23,18-6-7-18)19-8-9-19/h1-5,10,18-20,22-25,36H,6-9,11-15H2,(H,34,39). The van der Waals surface area contributed by atoms with Gasteiger partial charge in [-0.15, -0.1) is 0 Å². The lowest BCUT2D eigenvalue weighted by molar-refractivity contribution is -0.235. The number of hydrogen-bond donors (Lipinski definition) is 2. The summed E-state index contributed by atoms with van der Waals surface area (Å²) in [5.74, 6) is -2.40. The van der Waals surface area contributed by atoms with Crippen LogP contribution in [-0.4, -0.2) is 90.2 Å². The predicted octanol–water partition coefficient (Wildman–Crippen LogP) is 2.01. The summed E-state index contributed by atoms with van der Waals surface area (Å²) in [7, 11) is 0. The Morgan fingerprint density at radius 3 is 2.41 bits per heavy atom. The zero-order valence-electron chi connectivity index (χ0n) is 23.7. The van der Waals surface area contributed by atoms with Crippen molar-refractivity contribution in [3.8, 4) is 0 Å². The number of nitrogens with one attached hydrogen (secondary N) is 1. The van der Waals surface area contributed by atoms with Crippen LogP contribution in [0.3, 0.4) is 0 Å². The number of ether oxygens (including phenoxy) is 4. The fraction of sp³-hybridized carbons (Fsp3) is 0.633. The van der Waals surface area contributed by atoms with E-state index in [-0.39, 0.29) is 38.0 Å². The molecule has 1 aromatic carbocycles. The van der Waals surface area contributed by atoms with Gasteiger partial charge >= 0.3 is 18.1 Å². The van der Waals surface area contributed by atoms with Crippen LogP contribution in [0.2, 0.25) is 0 Å². The molecule has 44 heavy (non-hydrogen) atoms. The number of fused-ring (bicyclic) bond motifs is 4. The molecule has 11 nitrogen and oxygen atoms in total. The van der Waals surface area contributed by atoms with E-state index in [2.05, 4.69) is 10.1 Å². The second-order valence-electron chi connectivity index (χ2n) is 12.4. The van der Waals surface area contributed by atoms with Gasteiger partial charge in [-0.05, 0) is 42.9 Å². The zero-order chi connectivity index (χ0) is 30.9. The Hall–Kier alpha value is -3.04. The van der Waals surface area contributed by atoms with Gasteiger partial charge in [0.15, 0.2) is 18.4 Å². The number of halogens is 3. The molecule has 3 saturated carbocycles. The molecule has 238 valence electrons. The van der Waals surface area contributed by atoms with Crippen molar-refractivity contribution in [1.82, 2.24) is 10.4 Å². The number of carbonyl (C=O) groups excluding carboxylic acids is 3. The molecule has 6 fully saturated rings. The van der Waals surface area contributed by atoms with Gasteiger partial charge < -0.3 is 29.4 Å². The highest BCUT2D eigenvalue weighted by molar-refractivity contribution is 5.93.